The Bertz CT molecular complexity index is 2560. The topological polar surface area (TPSA) is 98.8 Å². The maximum atomic E-state index is 13.9. The number of halogens is 1. The SMILES string of the molecule is COC(=O)c1c(C)cc(C=O)c(-c2c(C(OCc3ccccc3)OCc3ccccc3)cc3c(OC)c(Cl)cc(OC)c3c2OCc2ccccc2)c1OCc1ccccc1. The number of fused-ring (bicyclic) bond motifs is 1. The Hall–Kier alpha value is -6.65. The molecule has 0 bridgehead atoms. The van der Waals surface area contributed by atoms with Gasteiger partial charge in [-0.2, -0.15) is 0 Å². The number of hydrogen-bond acceptors (Lipinski definition) is 9. The second-order valence-electron chi connectivity index (χ2n) is 14.1. The predicted molar refractivity (Wildman–Crippen MR) is 236 cm³/mol. The number of carbonyl (C=O) groups is 2. The summed E-state index contributed by atoms with van der Waals surface area (Å²) in [6.07, 6.45) is -0.393. The molecule has 0 atom stereocenters. The highest BCUT2D eigenvalue weighted by atomic mass is 35.5. The third-order valence-electron chi connectivity index (χ3n) is 10.2. The number of rotatable bonds is 18. The van der Waals surface area contributed by atoms with Crippen LogP contribution in [-0.4, -0.2) is 33.6 Å². The van der Waals surface area contributed by atoms with Crippen LogP contribution < -0.4 is 18.9 Å². The van der Waals surface area contributed by atoms with Gasteiger partial charge in [-0.3, -0.25) is 4.79 Å². The van der Waals surface area contributed by atoms with E-state index in [2.05, 4.69) is 0 Å². The van der Waals surface area contributed by atoms with Crippen molar-refractivity contribution in [2.24, 2.45) is 0 Å². The number of esters is 1. The van der Waals surface area contributed by atoms with E-state index in [1.165, 1.54) is 21.3 Å². The lowest BCUT2D eigenvalue weighted by molar-refractivity contribution is -0.161. The van der Waals surface area contributed by atoms with Crippen molar-refractivity contribution in [3.05, 3.63) is 189 Å². The Balaban J connectivity index is 1.61. The predicted octanol–water partition coefficient (Wildman–Crippen LogP) is 11.7. The van der Waals surface area contributed by atoms with Gasteiger partial charge in [0.05, 0.1) is 45.0 Å². The van der Waals surface area contributed by atoms with Crippen LogP contribution in [0.5, 0.6) is 23.0 Å². The minimum Gasteiger partial charge on any atom is -0.496 e. The monoisotopic (exact) mass is 836 g/mol. The van der Waals surface area contributed by atoms with Crippen LogP contribution in [0.2, 0.25) is 5.02 Å². The maximum absolute atomic E-state index is 13.9. The molecule has 10 heteroatoms. The lowest BCUT2D eigenvalue weighted by Crippen LogP contribution is -2.15. The molecule has 0 heterocycles. The van der Waals surface area contributed by atoms with Crippen molar-refractivity contribution in [3.8, 4) is 34.1 Å². The molecule has 0 aliphatic heterocycles. The molecule has 0 fully saturated rings. The largest absolute Gasteiger partial charge is 0.496 e. The Morgan fingerprint density at radius 2 is 1.10 bits per heavy atom. The smallest absolute Gasteiger partial charge is 0.341 e. The van der Waals surface area contributed by atoms with Crippen LogP contribution in [0, 0.1) is 6.92 Å². The Morgan fingerprint density at radius 3 is 1.56 bits per heavy atom. The second-order valence-corrected chi connectivity index (χ2v) is 14.5. The van der Waals surface area contributed by atoms with E-state index in [1.54, 1.807) is 19.1 Å². The maximum Gasteiger partial charge on any atom is 0.341 e. The van der Waals surface area contributed by atoms with Crippen molar-refractivity contribution in [3.63, 3.8) is 0 Å². The molecule has 9 nitrogen and oxygen atoms in total. The molecule has 0 saturated heterocycles. The molecular weight excluding hydrogens is 792 g/mol. The summed E-state index contributed by atoms with van der Waals surface area (Å²) < 4.78 is 44.7. The molecule has 0 aromatic heterocycles. The van der Waals surface area contributed by atoms with Gasteiger partial charge in [0.2, 0.25) is 0 Å². The van der Waals surface area contributed by atoms with Crippen LogP contribution in [0.1, 0.15) is 60.4 Å². The van der Waals surface area contributed by atoms with E-state index in [-0.39, 0.29) is 59.6 Å². The Labute approximate surface area is 360 Å². The third-order valence-corrected chi connectivity index (χ3v) is 10.5. The highest BCUT2D eigenvalue weighted by Gasteiger charge is 2.34. The molecule has 310 valence electrons. The van der Waals surface area contributed by atoms with Gasteiger partial charge in [0.15, 0.2) is 12.6 Å². The zero-order valence-electron chi connectivity index (χ0n) is 34.3. The molecule has 0 aliphatic rings. The van der Waals surface area contributed by atoms with Gasteiger partial charge in [-0.05, 0) is 46.9 Å². The molecule has 0 unspecified atom stereocenters. The molecule has 0 saturated carbocycles. The summed E-state index contributed by atoms with van der Waals surface area (Å²) in [6, 6.07) is 43.8. The van der Waals surface area contributed by atoms with Gasteiger partial charge in [-0.25, -0.2) is 4.79 Å². The molecule has 0 spiro atoms. The Morgan fingerprint density at radius 1 is 0.607 bits per heavy atom. The lowest BCUT2D eigenvalue weighted by atomic mass is 9.87. The number of aryl methyl sites for hydroxylation is 1. The van der Waals surface area contributed by atoms with E-state index in [0.29, 0.717) is 39.0 Å². The van der Waals surface area contributed by atoms with Gasteiger partial charge in [-0.1, -0.05) is 133 Å². The molecule has 7 rings (SSSR count). The number of hydrogen-bond donors (Lipinski definition) is 0. The van der Waals surface area contributed by atoms with Crippen molar-refractivity contribution < 1.29 is 42.7 Å². The first-order valence-corrected chi connectivity index (χ1v) is 20.0. The highest BCUT2D eigenvalue weighted by Crippen LogP contribution is 2.54. The quantitative estimate of drug-likeness (QED) is 0.0475. The fourth-order valence-electron chi connectivity index (χ4n) is 7.28. The summed E-state index contributed by atoms with van der Waals surface area (Å²) >= 11 is 6.92. The molecule has 0 aliphatic carbocycles. The van der Waals surface area contributed by atoms with Gasteiger partial charge in [0.25, 0.3) is 0 Å². The molecule has 7 aromatic carbocycles. The van der Waals surface area contributed by atoms with E-state index < -0.39 is 12.3 Å². The summed E-state index contributed by atoms with van der Waals surface area (Å²) in [6.45, 7) is 2.17. The van der Waals surface area contributed by atoms with E-state index in [9.17, 15) is 9.59 Å². The van der Waals surface area contributed by atoms with Gasteiger partial charge >= 0.3 is 5.97 Å². The van der Waals surface area contributed by atoms with Crippen LogP contribution in [0.4, 0.5) is 0 Å². The fourth-order valence-corrected chi connectivity index (χ4v) is 7.56. The van der Waals surface area contributed by atoms with Crippen molar-refractivity contribution >= 4 is 34.6 Å². The summed E-state index contributed by atoms with van der Waals surface area (Å²) in [7, 11) is 4.37. The molecule has 0 radical (unpaired) electrons. The molecular formula is C51H45ClO9. The summed E-state index contributed by atoms with van der Waals surface area (Å²) in [5.74, 6) is 0.426. The van der Waals surface area contributed by atoms with Crippen molar-refractivity contribution in [1.29, 1.82) is 0 Å². The lowest BCUT2D eigenvalue weighted by Gasteiger charge is -2.28. The zero-order valence-corrected chi connectivity index (χ0v) is 35.1. The van der Waals surface area contributed by atoms with Gasteiger partial charge in [0, 0.05) is 33.7 Å². The minimum absolute atomic E-state index is 0.0495. The number of aldehydes is 1. The number of methoxy groups -OCH3 is 3. The first-order chi connectivity index (χ1) is 29.8. The van der Waals surface area contributed by atoms with Gasteiger partial charge in [0.1, 0.15) is 41.8 Å². The Kier molecular flexibility index (Phi) is 14.0. The molecule has 7 aromatic rings. The van der Waals surface area contributed by atoms with Crippen LogP contribution in [-0.2, 0) is 40.6 Å². The number of ether oxygens (including phenoxy) is 7. The standard InChI is InChI=1S/C51H45ClO9/c1-33-25-38(28-53)44(48(43(33)50(54)57-4)58-29-34-17-9-5-10-18-34)46-40(51(60-31-36-21-13-7-14-22-36)61-32-37-23-15-8-16-24-37)26-39-45(42(55-2)27-41(52)47(39)56-3)49(46)59-30-35-19-11-6-12-20-35/h5-28,51H,29-32H2,1-4H3. The van der Waals surface area contributed by atoms with Crippen molar-refractivity contribution in [1.82, 2.24) is 0 Å². The highest BCUT2D eigenvalue weighted by molar-refractivity contribution is 6.34. The molecule has 61 heavy (non-hydrogen) atoms. The summed E-state index contributed by atoms with van der Waals surface area (Å²) in [5.41, 5.74) is 5.32. The molecule has 0 N–H and O–H groups in total. The average Bonchev–Trinajstić information content (AvgIpc) is 3.30. The van der Waals surface area contributed by atoms with Gasteiger partial charge < -0.3 is 33.2 Å². The van der Waals surface area contributed by atoms with Crippen LogP contribution in [0.3, 0.4) is 0 Å². The van der Waals surface area contributed by atoms with Crippen molar-refractivity contribution in [2.45, 2.75) is 39.6 Å². The normalized spacial score (nSPS) is 11.0. The van der Waals surface area contributed by atoms with E-state index in [0.717, 1.165) is 28.5 Å². The van der Waals surface area contributed by atoms with E-state index in [1.807, 2.05) is 127 Å². The second kappa shape index (κ2) is 20.1. The summed E-state index contributed by atoms with van der Waals surface area (Å²) in [5, 5.41) is 1.29. The minimum atomic E-state index is -1.13. The molecule has 0 amide bonds. The third kappa shape index (κ3) is 9.55. The van der Waals surface area contributed by atoms with Crippen LogP contribution >= 0.6 is 11.6 Å². The van der Waals surface area contributed by atoms with E-state index >= 15 is 0 Å². The van der Waals surface area contributed by atoms with Crippen molar-refractivity contribution in [2.75, 3.05) is 21.3 Å². The average molecular weight is 837 g/mol. The van der Waals surface area contributed by atoms with Crippen LogP contribution in [0.25, 0.3) is 21.9 Å². The first-order valence-electron chi connectivity index (χ1n) is 19.6. The van der Waals surface area contributed by atoms with Gasteiger partial charge in [-0.15, -0.1) is 0 Å². The van der Waals surface area contributed by atoms with E-state index in [4.69, 9.17) is 44.8 Å². The number of carbonyl (C=O) groups excluding carboxylic acids is 2. The first kappa shape index (κ1) is 42.5. The van der Waals surface area contributed by atoms with Crippen LogP contribution in [0.15, 0.2) is 140 Å². The summed E-state index contributed by atoms with van der Waals surface area (Å²) in [4.78, 5) is 27.4. The number of benzene rings is 7. The fraction of sp³-hybridized carbons (Fsp3) is 0.176. The zero-order chi connectivity index (χ0) is 42.7.